The van der Waals surface area contributed by atoms with E-state index in [9.17, 15) is 0 Å². The minimum absolute atomic E-state index is 0.438. The lowest BCUT2D eigenvalue weighted by Gasteiger charge is -2.53. The Bertz CT molecular complexity index is 976. The smallest absolute Gasteiger partial charge is 0.351 e. The predicted octanol–water partition coefficient (Wildman–Crippen LogP) is 3.19. The minimum atomic E-state index is -2.18. The minimum Gasteiger partial charge on any atom is -0.351 e. The fraction of sp³-hybridized carbons (Fsp3) is 0.333. The van der Waals surface area contributed by atoms with Crippen molar-refractivity contribution in [1.29, 1.82) is 0 Å². The lowest BCUT2D eigenvalue weighted by Crippen LogP contribution is -2.87. The van der Waals surface area contributed by atoms with Crippen LogP contribution in [-0.4, -0.2) is 57.9 Å². The van der Waals surface area contributed by atoms with E-state index in [4.69, 9.17) is 4.12 Å². The van der Waals surface area contributed by atoms with Crippen LogP contribution in [0.3, 0.4) is 0 Å². The SMILES string of the molecule is CN1c2ccccc2C=[N+]2C13N(C)c1ccccc1C=[N+]3[Si](C)(C)O[Si]2(C)C. The molecular formula is C21H28N4OSi2+2. The predicted molar refractivity (Wildman–Crippen MR) is 119 cm³/mol. The highest BCUT2D eigenvalue weighted by Gasteiger charge is 2.77. The Morgan fingerprint density at radius 2 is 1.11 bits per heavy atom. The number of rotatable bonds is 0. The number of benzene rings is 2. The third kappa shape index (κ3) is 2.04. The first kappa shape index (κ1) is 17.8. The third-order valence-electron chi connectivity index (χ3n) is 6.34. The fourth-order valence-electron chi connectivity index (χ4n) is 5.31. The average Bonchev–Trinajstić information content (AvgIpc) is 2.64. The van der Waals surface area contributed by atoms with Gasteiger partial charge in [0.2, 0.25) is 0 Å². The van der Waals surface area contributed by atoms with E-state index >= 15 is 0 Å². The van der Waals surface area contributed by atoms with Gasteiger partial charge >= 0.3 is 22.9 Å². The zero-order valence-electron chi connectivity index (χ0n) is 17.5. The van der Waals surface area contributed by atoms with Gasteiger partial charge in [0.15, 0.2) is 12.4 Å². The molecule has 5 nitrogen and oxygen atoms in total. The van der Waals surface area contributed by atoms with Gasteiger partial charge < -0.3 is 4.12 Å². The van der Waals surface area contributed by atoms with Crippen molar-refractivity contribution in [2.75, 3.05) is 23.9 Å². The molecule has 2 aromatic rings. The van der Waals surface area contributed by atoms with Gasteiger partial charge in [-0.3, -0.25) is 0 Å². The topological polar surface area (TPSA) is 21.7 Å². The molecule has 7 heteroatoms. The Labute approximate surface area is 169 Å². The molecule has 0 radical (unpaired) electrons. The molecule has 28 heavy (non-hydrogen) atoms. The van der Waals surface area contributed by atoms with E-state index in [1.807, 2.05) is 0 Å². The van der Waals surface area contributed by atoms with Crippen molar-refractivity contribution >= 4 is 40.8 Å². The normalized spacial score (nSPS) is 22.9. The largest absolute Gasteiger partial charge is 0.508 e. The monoisotopic (exact) mass is 408 g/mol. The van der Waals surface area contributed by atoms with E-state index in [0.717, 1.165) is 0 Å². The second kappa shape index (κ2) is 5.43. The Morgan fingerprint density at radius 3 is 1.54 bits per heavy atom. The summed E-state index contributed by atoms with van der Waals surface area (Å²) < 4.78 is 12.0. The molecule has 3 aliphatic rings. The molecule has 3 aliphatic heterocycles. The van der Waals surface area contributed by atoms with Crippen LogP contribution in [0.1, 0.15) is 11.1 Å². The van der Waals surface area contributed by atoms with Crippen LogP contribution in [0, 0.1) is 0 Å². The van der Waals surface area contributed by atoms with Crippen LogP contribution in [0.4, 0.5) is 11.4 Å². The Balaban J connectivity index is 1.91. The molecule has 0 unspecified atom stereocenters. The number of nitrogens with zero attached hydrogens (tertiary/aromatic N) is 4. The quantitative estimate of drug-likeness (QED) is 0.625. The lowest BCUT2D eigenvalue weighted by atomic mass is 10.1. The standard InChI is InChI=1S/C21H28N4OSi2/c1-22-19-13-9-7-11-17(19)15-24-21(22)23(2)20-14-10-8-12-18(20)16-25(21)28(5,6)26-27(24,3)4/h7-16H,1-6H3/q+2. The van der Waals surface area contributed by atoms with Crippen LogP contribution in [0.15, 0.2) is 48.5 Å². The number of para-hydroxylation sites is 2. The van der Waals surface area contributed by atoms with Gasteiger partial charge in [0.05, 0.1) is 22.5 Å². The number of fused-ring (bicyclic) bond motifs is 2. The van der Waals surface area contributed by atoms with E-state index in [1.165, 1.54) is 22.5 Å². The molecule has 0 amide bonds. The van der Waals surface area contributed by atoms with Crippen molar-refractivity contribution in [2.24, 2.45) is 0 Å². The second-order valence-corrected chi connectivity index (χ2v) is 16.4. The summed E-state index contributed by atoms with van der Waals surface area (Å²) in [7, 11) is 0.0842. The summed E-state index contributed by atoms with van der Waals surface area (Å²) in [5.74, 6) is -0.438. The van der Waals surface area contributed by atoms with Crippen molar-refractivity contribution in [3.05, 3.63) is 59.7 Å². The molecule has 0 N–H and O–H groups in total. The lowest BCUT2D eigenvalue weighted by molar-refractivity contribution is -0.747. The van der Waals surface area contributed by atoms with Gasteiger partial charge in [-0.1, -0.05) is 24.3 Å². The van der Waals surface area contributed by atoms with E-state index < -0.39 is 22.9 Å². The van der Waals surface area contributed by atoms with Crippen LogP contribution in [-0.2, 0) is 4.12 Å². The van der Waals surface area contributed by atoms with Crippen molar-refractivity contribution in [3.8, 4) is 0 Å². The van der Waals surface area contributed by atoms with E-state index in [2.05, 4.69) is 120 Å². The molecule has 0 bridgehead atoms. The van der Waals surface area contributed by atoms with Gasteiger partial charge in [0.1, 0.15) is 0 Å². The highest BCUT2D eigenvalue weighted by molar-refractivity contribution is 6.78. The maximum absolute atomic E-state index is 6.94. The summed E-state index contributed by atoms with van der Waals surface area (Å²) in [6.07, 6.45) is 4.66. The summed E-state index contributed by atoms with van der Waals surface area (Å²) in [4.78, 5) is 4.89. The van der Waals surface area contributed by atoms with Crippen molar-refractivity contribution < 1.29 is 12.6 Å². The van der Waals surface area contributed by atoms with Crippen molar-refractivity contribution in [1.82, 2.24) is 0 Å². The Hall–Kier alpha value is -2.23. The molecule has 0 atom stereocenters. The zero-order chi connectivity index (χ0) is 19.9. The maximum atomic E-state index is 6.94. The molecule has 3 heterocycles. The summed E-state index contributed by atoms with van der Waals surface area (Å²) in [6, 6.07) is 17.3. The average molecular weight is 409 g/mol. The van der Waals surface area contributed by atoms with E-state index in [1.54, 1.807) is 0 Å². The Kier molecular flexibility index (Phi) is 3.46. The molecule has 0 saturated carbocycles. The summed E-state index contributed by atoms with van der Waals surface area (Å²) >= 11 is 0. The van der Waals surface area contributed by atoms with Gasteiger partial charge in [-0.15, -0.1) is 0 Å². The second-order valence-electron chi connectivity index (χ2n) is 8.83. The van der Waals surface area contributed by atoms with Crippen LogP contribution in [0.25, 0.3) is 0 Å². The molecular weight excluding hydrogens is 380 g/mol. The number of hydrogen-bond donors (Lipinski definition) is 0. The molecule has 1 fully saturated rings. The summed E-state index contributed by atoms with van der Waals surface area (Å²) in [6.45, 7) is 9.31. The number of anilines is 2. The molecule has 1 saturated heterocycles. The van der Waals surface area contributed by atoms with Gasteiger partial charge in [0, 0.05) is 40.3 Å². The molecule has 2 aromatic carbocycles. The first-order valence-corrected chi connectivity index (χ1v) is 15.6. The fourth-order valence-corrected chi connectivity index (χ4v) is 14.2. The molecule has 0 aliphatic carbocycles. The van der Waals surface area contributed by atoms with Gasteiger partial charge in [-0.2, -0.15) is 8.48 Å². The molecule has 1 spiro atoms. The first-order chi connectivity index (χ1) is 13.2. The third-order valence-corrected chi connectivity index (χ3v) is 13.5. The van der Waals surface area contributed by atoms with Gasteiger partial charge in [-0.25, -0.2) is 9.80 Å². The van der Waals surface area contributed by atoms with Crippen LogP contribution >= 0.6 is 0 Å². The van der Waals surface area contributed by atoms with Crippen LogP contribution in [0.2, 0.25) is 26.2 Å². The highest BCUT2D eigenvalue weighted by atomic mass is 28.4. The number of hydrogen-bond acceptors (Lipinski definition) is 3. The van der Waals surface area contributed by atoms with Gasteiger partial charge in [-0.05, 0) is 24.3 Å². The van der Waals surface area contributed by atoms with Gasteiger partial charge in [0.25, 0.3) is 0 Å². The van der Waals surface area contributed by atoms with Crippen molar-refractivity contribution in [2.45, 2.75) is 32.1 Å². The Morgan fingerprint density at radius 1 is 0.714 bits per heavy atom. The maximum Gasteiger partial charge on any atom is 0.508 e. The summed E-state index contributed by atoms with van der Waals surface area (Å²) in [5, 5.41) is 0. The molecule has 5 rings (SSSR count). The zero-order valence-corrected chi connectivity index (χ0v) is 19.5. The van der Waals surface area contributed by atoms with E-state index in [0.29, 0.717) is 0 Å². The summed E-state index contributed by atoms with van der Waals surface area (Å²) in [5.41, 5.74) is 4.99. The molecule has 144 valence electrons. The highest BCUT2D eigenvalue weighted by Crippen LogP contribution is 2.45. The first-order valence-electron chi connectivity index (χ1n) is 9.84. The van der Waals surface area contributed by atoms with E-state index in [-0.39, 0.29) is 0 Å². The van der Waals surface area contributed by atoms with Crippen LogP contribution < -0.4 is 9.80 Å². The van der Waals surface area contributed by atoms with Crippen molar-refractivity contribution in [3.63, 3.8) is 0 Å². The van der Waals surface area contributed by atoms with Crippen LogP contribution in [0.5, 0.6) is 0 Å². The molecule has 0 aromatic heterocycles.